The summed E-state index contributed by atoms with van der Waals surface area (Å²) in [5, 5.41) is 2.58. The Kier molecular flexibility index (Phi) is 2.85. The van der Waals surface area contributed by atoms with E-state index in [4.69, 9.17) is 0 Å². The maximum atomic E-state index is 11.2. The lowest BCUT2D eigenvalue weighted by molar-refractivity contribution is 0.0963. The second kappa shape index (κ2) is 3.90. The number of carbonyl (C=O) groups excluding carboxylic acids is 1. The molecule has 1 rings (SSSR count). The lowest BCUT2D eigenvalue weighted by Crippen LogP contribution is -2.17. The minimum atomic E-state index is -0.0666. The lowest BCUT2D eigenvalue weighted by Gasteiger charge is -2.03. The van der Waals surface area contributed by atoms with Gasteiger partial charge in [-0.25, -0.2) is 0 Å². The summed E-state index contributed by atoms with van der Waals surface area (Å²) in [4.78, 5) is 11.2. The van der Waals surface area contributed by atoms with E-state index in [-0.39, 0.29) is 5.91 Å². The molecule has 0 radical (unpaired) electrons. The topological polar surface area (TPSA) is 29.1 Å². The Morgan fingerprint density at radius 2 is 2.00 bits per heavy atom. The van der Waals surface area contributed by atoms with E-state index >= 15 is 0 Å². The molecule has 0 saturated heterocycles. The van der Waals surface area contributed by atoms with Gasteiger partial charge in [0.15, 0.2) is 0 Å². The van der Waals surface area contributed by atoms with Crippen LogP contribution in [0, 0.1) is 0 Å². The second-order valence-corrected chi connectivity index (χ2v) is 2.94. The highest BCUT2D eigenvalue weighted by molar-refractivity contribution is 5.94. The summed E-state index contributed by atoms with van der Waals surface area (Å²) < 4.78 is 0. The molecule has 13 heavy (non-hydrogen) atoms. The van der Waals surface area contributed by atoms with Crippen LogP contribution in [0.3, 0.4) is 0 Å². The van der Waals surface area contributed by atoms with Crippen LogP contribution < -0.4 is 5.32 Å². The first-order valence-electron chi connectivity index (χ1n) is 4.13. The standard InChI is InChI=1S/C11H13NO/c1-8(2)9-5-4-6-10(7-9)11(13)12-3/h4-7H,1H2,2-3H3,(H,12,13). The highest BCUT2D eigenvalue weighted by Gasteiger charge is 2.02. The Morgan fingerprint density at radius 3 is 2.54 bits per heavy atom. The molecule has 0 bridgehead atoms. The molecule has 0 aromatic heterocycles. The largest absolute Gasteiger partial charge is 0.355 e. The average molecular weight is 175 g/mol. The monoisotopic (exact) mass is 175 g/mol. The minimum Gasteiger partial charge on any atom is -0.355 e. The molecule has 68 valence electrons. The zero-order valence-corrected chi connectivity index (χ0v) is 7.92. The van der Waals surface area contributed by atoms with Gasteiger partial charge in [-0.2, -0.15) is 0 Å². The molecule has 0 aliphatic carbocycles. The third kappa shape index (κ3) is 2.18. The third-order valence-corrected chi connectivity index (χ3v) is 1.84. The number of rotatable bonds is 2. The molecule has 1 N–H and O–H groups in total. The van der Waals surface area contributed by atoms with E-state index < -0.39 is 0 Å². The molecule has 1 aromatic carbocycles. The number of hydrogen-bond donors (Lipinski definition) is 1. The van der Waals surface area contributed by atoms with Crippen LogP contribution in [0.25, 0.3) is 5.57 Å². The first-order chi connectivity index (χ1) is 6.15. The van der Waals surface area contributed by atoms with Crippen molar-refractivity contribution in [3.63, 3.8) is 0 Å². The van der Waals surface area contributed by atoms with E-state index in [0.29, 0.717) is 5.56 Å². The minimum absolute atomic E-state index is 0.0666. The smallest absolute Gasteiger partial charge is 0.251 e. The molecule has 2 heteroatoms. The van der Waals surface area contributed by atoms with Crippen LogP contribution in [-0.2, 0) is 0 Å². The maximum Gasteiger partial charge on any atom is 0.251 e. The van der Waals surface area contributed by atoms with Crippen molar-refractivity contribution in [2.24, 2.45) is 0 Å². The molecule has 0 aliphatic rings. The number of benzene rings is 1. The van der Waals surface area contributed by atoms with Crippen LogP contribution in [0.4, 0.5) is 0 Å². The summed E-state index contributed by atoms with van der Waals surface area (Å²) in [5.41, 5.74) is 2.63. The van der Waals surface area contributed by atoms with Crippen LogP contribution in [0.2, 0.25) is 0 Å². The number of hydrogen-bond acceptors (Lipinski definition) is 1. The summed E-state index contributed by atoms with van der Waals surface area (Å²) in [5.74, 6) is -0.0666. The maximum absolute atomic E-state index is 11.2. The van der Waals surface area contributed by atoms with Crippen molar-refractivity contribution >= 4 is 11.5 Å². The molecule has 1 aromatic rings. The van der Waals surface area contributed by atoms with Gasteiger partial charge in [0.25, 0.3) is 5.91 Å². The molecule has 0 heterocycles. The number of allylic oxidation sites excluding steroid dienone is 1. The van der Waals surface area contributed by atoms with Crippen molar-refractivity contribution < 1.29 is 4.79 Å². The zero-order chi connectivity index (χ0) is 9.84. The molecule has 2 nitrogen and oxygen atoms in total. The first kappa shape index (κ1) is 9.52. The summed E-state index contributed by atoms with van der Waals surface area (Å²) in [6.07, 6.45) is 0. The Bertz CT molecular complexity index is 342. The molecule has 0 atom stereocenters. The van der Waals surface area contributed by atoms with Gasteiger partial charge in [0.05, 0.1) is 0 Å². The molecular formula is C11H13NO. The highest BCUT2D eigenvalue weighted by atomic mass is 16.1. The van der Waals surface area contributed by atoms with E-state index in [0.717, 1.165) is 11.1 Å². The molecular weight excluding hydrogens is 162 g/mol. The van der Waals surface area contributed by atoms with Gasteiger partial charge in [-0.05, 0) is 24.6 Å². The van der Waals surface area contributed by atoms with Crippen molar-refractivity contribution in [3.05, 3.63) is 42.0 Å². The first-order valence-corrected chi connectivity index (χ1v) is 4.13. The predicted octanol–water partition coefficient (Wildman–Crippen LogP) is 2.08. The van der Waals surface area contributed by atoms with E-state index in [1.807, 2.05) is 25.1 Å². The lowest BCUT2D eigenvalue weighted by atomic mass is 10.1. The van der Waals surface area contributed by atoms with Gasteiger partial charge < -0.3 is 5.32 Å². The Balaban J connectivity index is 3.05. The van der Waals surface area contributed by atoms with E-state index in [2.05, 4.69) is 11.9 Å². The Morgan fingerprint density at radius 1 is 1.38 bits per heavy atom. The van der Waals surface area contributed by atoms with E-state index in [1.54, 1.807) is 13.1 Å². The molecule has 0 aliphatic heterocycles. The average Bonchev–Trinajstić information content (AvgIpc) is 2.17. The highest BCUT2D eigenvalue weighted by Crippen LogP contribution is 2.12. The van der Waals surface area contributed by atoms with Gasteiger partial charge in [0.1, 0.15) is 0 Å². The van der Waals surface area contributed by atoms with Gasteiger partial charge in [0, 0.05) is 12.6 Å². The fraction of sp³-hybridized carbons (Fsp3) is 0.182. The van der Waals surface area contributed by atoms with Gasteiger partial charge in [0.2, 0.25) is 0 Å². The number of amides is 1. The molecule has 0 fully saturated rings. The predicted molar refractivity (Wildman–Crippen MR) is 54.5 cm³/mol. The number of carbonyl (C=O) groups is 1. The van der Waals surface area contributed by atoms with Crippen LogP contribution in [0.5, 0.6) is 0 Å². The van der Waals surface area contributed by atoms with Crippen LogP contribution in [0.1, 0.15) is 22.8 Å². The third-order valence-electron chi connectivity index (χ3n) is 1.84. The van der Waals surface area contributed by atoms with E-state index in [1.165, 1.54) is 0 Å². The normalized spacial score (nSPS) is 9.38. The van der Waals surface area contributed by atoms with Crippen LogP contribution in [0.15, 0.2) is 30.8 Å². The second-order valence-electron chi connectivity index (χ2n) is 2.94. The molecule has 0 spiro atoms. The molecule has 1 amide bonds. The summed E-state index contributed by atoms with van der Waals surface area (Å²) in [6.45, 7) is 5.74. The van der Waals surface area contributed by atoms with Crippen molar-refractivity contribution in [2.45, 2.75) is 6.92 Å². The Hall–Kier alpha value is -1.57. The molecule has 0 unspecified atom stereocenters. The van der Waals surface area contributed by atoms with E-state index in [9.17, 15) is 4.79 Å². The van der Waals surface area contributed by atoms with Gasteiger partial charge >= 0.3 is 0 Å². The van der Waals surface area contributed by atoms with Gasteiger partial charge in [-0.15, -0.1) is 0 Å². The van der Waals surface area contributed by atoms with Crippen molar-refractivity contribution in [2.75, 3.05) is 7.05 Å². The summed E-state index contributed by atoms with van der Waals surface area (Å²) >= 11 is 0. The van der Waals surface area contributed by atoms with Crippen LogP contribution >= 0.6 is 0 Å². The molecule has 0 saturated carbocycles. The van der Waals surface area contributed by atoms with Gasteiger partial charge in [-0.1, -0.05) is 24.3 Å². The summed E-state index contributed by atoms with van der Waals surface area (Å²) in [6, 6.07) is 7.41. The quantitative estimate of drug-likeness (QED) is 0.732. The van der Waals surface area contributed by atoms with Crippen molar-refractivity contribution in [1.29, 1.82) is 0 Å². The number of nitrogens with one attached hydrogen (secondary N) is 1. The summed E-state index contributed by atoms with van der Waals surface area (Å²) in [7, 11) is 1.62. The zero-order valence-electron chi connectivity index (χ0n) is 7.92. The SMILES string of the molecule is C=C(C)c1cccc(C(=O)NC)c1. The fourth-order valence-electron chi connectivity index (χ4n) is 1.07. The Labute approximate surface area is 78.3 Å². The van der Waals surface area contributed by atoms with Gasteiger partial charge in [-0.3, -0.25) is 4.79 Å². The fourth-order valence-corrected chi connectivity index (χ4v) is 1.07. The van der Waals surface area contributed by atoms with Crippen molar-refractivity contribution in [3.8, 4) is 0 Å². The van der Waals surface area contributed by atoms with Crippen LogP contribution in [-0.4, -0.2) is 13.0 Å². The van der Waals surface area contributed by atoms with Crippen molar-refractivity contribution in [1.82, 2.24) is 5.32 Å².